The summed E-state index contributed by atoms with van der Waals surface area (Å²) in [5.41, 5.74) is 2.46. The van der Waals surface area contributed by atoms with Crippen LogP contribution in [0.4, 0.5) is 5.69 Å². The molecule has 3 rings (SSSR count). The highest BCUT2D eigenvalue weighted by Gasteiger charge is 2.11. The van der Waals surface area contributed by atoms with Gasteiger partial charge in [0.15, 0.2) is 0 Å². The van der Waals surface area contributed by atoms with Crippen molar-refractivity contribution in [3.8, 4) is 0 Å². The van der Waals surface area contributed by atoms with Gasteiger partial charge in [-0.3, -0.25) is 9.59 Å². The van der Waals surface area contributed by atoms with Gasteiger partial charge in [0.05, 0.1) is 11.1 Å². The third-order valence-electron chi connectivity index (χ3n) is 4.40. The van der Waals surface area contributed by atoms with Gasteiger partial charge in [-0.05, 0) is 43.5 Å². The molecule has 26 heavy (non-hydrogen) atoms. The van der Waals surface area contributed by atoms with Crippen molar-refractivity contribution >= 4 is 22.4 Å². The van der Waals surface area contributed by atoms with E-state index in [1.165, 1.54) is 10.2 Å². The minimum Gasteiger partial charge on any atom is -0.324 e. The number of aryl methyl sites for hydroxylation is 2. The molecule has 5 heteroatoms. The molecule has 2 aromatic carbocycles. The van der Waals surface area contributed by atoms with Gasteiger partial charge in [-0.15, -0.1) is 0 Å². The van der Waals surface area contributed by atoms with Crippen LogP contribution in [0.2, 0.25) is 0 Å². The molecule has 0 aliphatic carbocycles. The second-order valence-electron chi connectivity index (χ2n) is 6.44. The predicted molar refractivity (Wildman–Crippen MR) is 104 cm³/mol. The van der Waals surface area contributed by atoms with Crippen molar-refractivity contribution in [1.82, 2.24) is 9.78 Å². The Kier molecular flexibility index (Phi) is 5.46. The predicted octanol–water partition coefficient (Wildman–Crippen LogP) is 3.69. The third-order valence-corrected chi connectivity index (χ3v) is 4.40. The average molecular weight is 349 g/mol. The van der Waals surface area contributed by atoms with Crippen molar-refractivity contribution < 1.29 is 4.79 Å². The Morgan fingerprint density at radius 3 is 2.46 bits per heavy atom. The molecule has 5 nitrogen and oxygen atoms in total. The van der Waals surface area contributed by atoms with Gasteiger partial charge >= 0.3 is 0 Å². The highest BCUT2D eigenvalue weighted by atomic mass is 16.2. The highest BCUT2D eigenvalue weighted by Crippen LogP contribution is 2.13. The molecule has 0 spiro atoms. The van der Waals surface area contributed by atoms with E-state index in [-0.39, 0.29) is 18.0 Å². The Bertz CT molecular complexity index is 975. The van der Waals surface area contributed by atoms with Crippen LogP contribution >= 0.6 is 0 Å². The fraction of sp³-hybridized carbons (Fsp3) is 0.286. The summed E-state index contributed by atoms with van der Waals surface area (Å²) >= 11 is 0. The summed E-state index contributed by atoms with van der Waals surface area (Å²) in [6, 6.07) is 15.1. The Labute approximate surface area is 152 Å². The van der Waals surface area contributed by atoms with Gasteiger partial charge < -0.3 is 5.32 Å². The van der Waals surface area contributed by atoms with Gasteiger partial charge in [0.2, 0.25) is 5.91 Å². The highest BCUT2D eigenvalue weighted by molar-refractivity contribution is 5.91. The van der Waals surface area contributed by atoms with Gasteiger partial charge in [0, 0.05) is 11.1 Å². The van der Waals surface area contributed by atoms with E-state index in [1.807, 2.05) is 49.4 Å². The second-order valence-corrected chi connectivity index (χ2v) is 6.44. The number of aromatic nitrogens is 2. The summed E-state index contributed by atoms with van der Waals surface area (Å²) in [7, 11) is 0. The molecule has 0 atom stereocenters. The summed E-state index contributed by atoms with van der Waals surface area (Å²) < 4.78 is 1.22. The lowest BCUT2D eigenvalue weighted by Gasteiger charge is -2.10. The van der Waals surface area contributed by atoms with E-state index < -0.39 is 0 Å². The number of benzene rings is 2. The molecule has 1 heterocycles. The number of unbranched alkanes of at least 4 members (excludes halogenated alkanes) is 1. The van der Waals surface area contributed by atoms with E-state index in [2.05, 4.69) is 17.3 Å². The van der Waals surface area contributed by atoms with Gasteiger partial charge in [0.25, 0.3) is 5.56 Å². The number of carbonyl (C=O) groups is 1. The minimum absolute atomic E-state index is 0.109. The fourth-order valence-electron chi connectivity index (χ4n) is 2.98. The van der Waals surface area contributed by atoms with Crippen molar-refractivity contribution in [3.63, 3.8) is 0 Å². The lowest BCUT2D eigenvalue weighted by Crippen LogP contribution is -2.30. The fourth-order valence-corrected chi connectivity index (χ4v) is 2.98. The molecular weight excluding hydrogens is 326 g/mol. The summed E-state index contributed by atoms with van der Waals surface area (Å²) in [4.78, 5) is 24.9. The molecule has 0 unspecified atom stereocenters. The Morgan fingerprint density at radius 1 is 1.08 bits per heavy atom. The number of amides is 1. The zero-order valence-corrected chi connectivity index (χ0v) is 15.2. The molecular formula is C21H23N3O2. The third kappa shape index (κ3) is 3.99. The normalized spacial score (nSPS) is 10.8. The van der Waals surface area contributed by atoms with Crippen LogP contribution in [-0.2, 0) is 17.8 Å². The van der Waals surface area contributed by atoms with Crippen LogP contribution in [0.5, 0.6) is 0 Å². The monoisotopic (exact) mass is 349 g/mol. The summed E-state index contributed by atoms with van der Waals surface area (Å²) in [6.45, 7) is 3.90. The minimum atomic E-state index is -0.268. The second kappa shape index (κ2) is 7.95. The number of hydrogen-bond donors (Lipinski definition) is 1. The molecule has 3 aromatic rings. The van der Waals surface area contributed by atoms with Crippen LogP contribution in [-0.4, -0.2) is 15.7 Å². The Hall–Kier alpha value is -2.95. The van der Waals surface area contributed by atoms with Gasteiger partial charge in [0.1, 0.15) is 6.54 Å². The molecule has 0 saturated heterocycles. The van der Waals surface area contributed by atoms with Crippen LogP contribution in [0.1, 0.15) is 31.0 Å². The first kappa shape index (κ1) is 17.9. The van der Waals surface area contributed by atoms with Crippen molar-refractivity contribution in [1.29, 1.82) is 0 Å². The molecule has 0 fully saturated rings. The number of carbonyl (C=O) groups excluding carboxylic acids is 1. The molecule has 1 aromatic heterocycles. The maximum absolute atomic E-state index is 12.5. The number of anilines is 1. The van der Waals surface area contributed by atoms with Crippen molar-refractivity contribution in [3.05, 3.63) is 70.1 Å². The quantitative estimate of drug-likeness (QED) is 0.738. The van der Waals surface area contributed by atoms with Crippen LogP contribution in [0.25, 0.3) is 10.8 Å². The summed E-state index contributed by atoms with van der Waals surface area (Å²) in [5.74, 6) is -0.268. The molecule has 0 bridgehead atoms. The molecule has 0 radical (unpaired) electrons. The standard InChI is InChI=1S/C21H23N3O2/c1-3-4-7-16-10-12-17(13-11-16)22-20(25)14-24-21(26)19-9-6-5-8-18(19)15(2)23-24/h5-6,8-13H,3-4,7,14H2,1-2H3,(H,22,25). The smallest absolute Gasteiger partial charge is 0.275 e. The van der Waals surface area contributed by atoms with E-state index in [1.54, 1.807) is 6.07 Å². The van der Waals surface area contributed by atoms with E-state index in [0.717, 1.165) is 36.0 Å². The number of fused-ring (bicyclic) bond motifs is 1. The number of nitrogens with one attached hydrogen (secondary N) is 1. The zero-order valence-electron chi connectivity index (χ0n) is 15.2. The molecule has 0 aliphatic rings. The number of nitrogens with zero attached hydrogens (tertiary/aromatic N) is 2. The van der Waals surface area contributed by atoms with E-state index in [0.29, 0.717) is 5.39 Å². The average Bonchev–Trinajstić information content (AvgIpc) is 2.65. The maximum atomic E-state index is 12.5. The number of hydrogen-bond acceptors (Lipinski definition) is 3. The van der Waals surface area contributed by atoms with Crippen LogP contribution < -0.4 is 10.9 Å². The molecule has 134 valence electrons. The number of rotatable bonds is 6. The van der Waals surface area contributed by atoms with Crippen LogP contribution in [0.15, 0.2) is 53.3 Å². The van der Waals surface area contributed by atoms with Gasteiger partial charge in [-0.1, -0.05) is 43.7 Å². The lowest BCUT2D eigenvalue weighted by atomic mass is 10.1. The lowest BCUT2D eigenvalue weighted by molar-refractivity contribution is -0.117. The summed E-state index contributed by atoms with van der Waals surface area (Å²) in [6.07, 6.45) is 3.35. The summed E-state index contributed by atoms with van der Waals surface area (Å²) in [5, 5.41) is 8.50. The van der Waals surface area contributed by atoms with Crippen molar-refractivity contribution in [2.45, 2.75) is 39.7 Å². The van der Waals surface area contributed by atoms with Crippen LogP contribution in [0, 0.1) is 6.92 Å². The molecule has 0 saturated carbocycles. The van der Waals surface area contributed by atoms with Gasteiger partial charge in [-0.25, -0.2) is 4.68 Å². The molecule has 0 aliphatic heterocycles. The largest absolute Gasteiger partial charge is 0.324 e. The van der Waals surface area contributed by atoms with Crippen LogP contribution in [0.3, 0.4) is 0 Å². The first-order valence-corrected chi connectivity index (χ1v) is 8.93. The van der Waals surface area contributed by atoms with Crippen molar-refractivity contribution in [2.75, 3.05) is 5.32 Å². The SMILES string of the molecule is CCCCc1ccc(NC(=O)Cn2nc(C)c3ccccc3c2=O)cc1. The Balaban J connectivity index is 1.73. The zero-order chi connectivity index (χ0) is 18.5. The first-order valence-electron chi connectivity index (χ1n) is 8.93. The van der Waals surface area contributed by atoms with E-state index in [4.69, 9.17) is 0 Å². The molecule has 1 N–H and O–H groups in total. The van der Waals surface area contributed by atoms with Gasteiger partial charge in [-0.2, -0.15) is 5.10 Å². The molecule has 1 amide bonds. The Morgan fingerprint density at radius 2 is 1.77 bits per heavy atom. The first-order chi connectivity index (χ1) is 12.6. The van der Waals surface area contributed by atoms with E-state index >= 15 is 0 Å². The maximum Gasteiger partial charge on any atom is 0.275 e. The van der Waals surface area contributed by atoms with E-state index in [9.17, 15) is 9.59 Å². The van der Waals surface area contributed by atoms with Crippen molar-refractivity contribution in [2.24, 2.45) is 0 Å². The topological polar surface area (TPSA) is 64.0 Å².